The molecule has 0 heterocycles. The zero-order chi connectivity index (χ0) is 13.8. The van der Waals surface area contributed by atoms with Crippen LogP contribution in [0.25, 0.3) is 0 Å². The van der Waals surface area contributed by atoms with Gasteiger partial charge in [0, 0.05) is 13.1 Å². The Bertz CT molecular complexity index is 308. The number of aliphatic hydroxyl groups excluding tert-OH is 1. The molecule has 0 aliphatic heterocycles. The minimum absolute atomic E-state index is 0.204. The molecule has 0 aromatic heterocycles. The summed E-state index contributed by atoms with van der Waals surface area (Å²) in [6.07, 6.45) is 9.37. The first-order valence-electron chi connectivity index (χ1n) is 7.76. The van der Waals surface area contributed by atoms with Crippen molar-refractivity contribution < 1.29 is 5.11 Å². The average Bonchev–Trinajstić information content (AvgIpc) is 2.44. The monoisotopic (exact) mass is 263 g/mol. The Hall–Kier alpha value is -0.860. The van der Waals surface area contributed by atoms with Crippen molar-refractivity contribution in [2.24, 2.45) is 0 Å². The van der Waals surface area contributed by atoms with Gasteiger partial charge in [0.2, 0.25) is 0 Å². The van der Waals surface area contributed by atoms with Crippen LogP contribution in [0, 0.1) is 0 Å². The van der Waals surface area contributed by atoms with Crippen LogP contribution in [0.4, 0.5) is 0 Å². The Morgan fingerprint density at radius 2 is 1.53 bits per heavy atom. The fraction of sp³-hybridized carbons (Fsp3) is 0.647. The number of aliphatic hydroxyl groups is 1. The smallest absolute Gasteiger partial charge is 0.0556 e. The van der Waals surface area contributed by atoms with Gasteiger partial charge in [0.15, 0.2) is 0 Å². The van der Waals surface area contributed by atoms with Crippen molar-refractivity contribution in [2.75, 3.05) is 13.2 Å². The van der Waals surface area contributed by atoms with Crippen LogP contribution in [-0.2, 0) is 13.0 Å². The molecule has 0 radical (unpaired) electrons. The Balaban J connectivity index is 2.13. The standard InChI is InChI=1S/C17H29NO/c1-2-3-4-5-6-7-8-16-9-11-17(12-10-16)15-18-13-14-19/h9-12,18-19H,2-8,13-15H2,1H3. The van der Waals surface area contributed by atoms with Crippen molar-refractivity contribution in [3.8, 4) is 0 Å². The lowest BCUT2D eigenvalue weighted by Crippen LogP contribution is -2.17. The van der Waals surface area contributed by atoms with Crippen LogP contribution in [0.2, 0.25) is 0 Å². The van der Waals surface area contributed by atoms with E-state index < -0.39 is 0 Å². The van der Waals surface area contributed by atoms with Gasteiger partial charge in [0.05, 0.1) is 6.61 Å². The molecule has 0 aliphatic carbocycles. The summed E-state index contributed by atoms with van der Waals surface area (Å²) in [7, 11) is 0. The molecule has 0 amide bonds. The number of unbranched alkanes of at least 4 members (excludes halogenated alkanes) is 5. The highest BCUT2D eigenvalue weighted by Crippen LogP contribution is 2.11. The zero-order valence-electron chi connectivity index (χ0n) is 12.3. The largest absolute Gasteiger partial charge is 0.395 e. The van der Waals surface area contributed by atoms with E-state index in [1.165, 1.54) is 56.1 Å². The van der Waals surface area contributed by atoms with E-state index in [1.807, 2.05) is 0 Å². The van der Waals surface area contributed by atoms with Crippen LogP contribution in [-0.4, -0.2) is 18.3 Å². The second-order valence-corrected chi connectivity index (χ2v) is 5.23. The molecule has 19 heavy (non-hydrogen) atoms. The highest BCUT2D eigenvalue weighted by molar-refractivity contribution is 5.22. The van der Waals surface area contributed by atoms with E-state index in [1.54, 1.807) is 0 Å². The predicted octanol–water partition coefficient (Wildman–Crippen LogP) is 3.67. The number of hydrogen-bond donors (Lipinski definition) is 2. The normalized spacial score (nSPS) is 10.8. The van der Waals surface area contributed by atoms with E-state index in [0.717, 1.165) is 6.54 Å². The maximum absolute atomic E-state index is 8.70. The van der Waals surface area contributed by atoms with Gasteiger partial charge in [0.25, 0.3) is 0 Å². The average molecular weight is 263 g/mol. The molecule has 2 N–H and O–H groups in total. The van der Waals surface area contributed by atoms with Gasteiger partial charge in [-0.1, -0.05) is 63.3 Å². The second-order valence-electron chi connectivity index (χ2n) is 5.23. The summed E-state index contributed by atoms with van der Waals surface area (Å²) in [4.78, 5) is 0. The molecule has 0 saturated carbocycles. The predicted molar refractivity (Wildman–Crippen MR) is 82.3 cm³/mol. The summed E-state index contributed by atoms with van der Waals surface area (Å²) in [6.45, 7) is 3.98. The summed E-state index contributed by atoms with van der Waals surface area (Å²) < 4.78 is 0. The Morgan fingerprint density at radius 3 is 2.21 bits per heavy atom. The van der Waals surface area contributed by atoms with Gasteiger partial charge in [-0.3, -0.25) is 0 Å². The first-order valence-corrected chi connectivity index (χ1v) is 7.76. The quantitative estimate of drug-likeness (QED) is 0.597. The lowest BCUT2D eigenvalue weighted by Gasteiger charge is -2.05. The van der Waals surface area contributed by atoms with E-state index >= 15 is 0 Å². The van der Waals surface area contributed by atoms with Gasteiger partial charge >= 0.3 is 0 Å². The Kier molecular flexibility index (Phi) is 9.38. The van der Waals surface area contributed by atoms with Gasteiger partial charge in [0.1, 0.15) is 0 Å². The van der Waals surface area contributed by atoms with Gasteiger partial charge in [-0.05, 0) is 24.0 Å². The molecule has 0 fully saturated rings. The lowest BCUT2D eigenvalue weighted by atomic mass is 10.0. The van der Waals surface area contributed by atoms with Crippen LogP contribution < -0.4 is 5.32 Å². The van der Waals surface area contributed by atoms with Crippen molar-refractivity contribution in [2.45, 2.75) is 58.4 Å². The number of hydrogen-bond acceptors (Lipinski definition) is 2. The van der Waals surface area contributed by atoms with Crippen LogP contribution in [0.5, 0.6) is 0 Å². The van der Waals surface area contributed by atoms with Crippen LogP contribution in [0.1, 0.15) is 56.6 Å². The molecule has 1 aromatic rings. The molecule has 0 spiro atoms. The SMILES string of the molecule is CCCCCCCCc1ccc(CNCCO)cc1. The molecule has 0 aliphatic rings. The van der Waals surface area contributed by atoms with Crippen molar-refractivity contribution in [3.63, 3.8) is 0 Å². The molecule has 1 rings (SSSR count). The third-order valence-corrected chi connectivity index (χ3v) is 3.46. The van der Waals surface area contributed by atoms with Crippen LogP contribution in [0.15, 0.2) is 24.3 Å². The summed E-state index contributed by atoms with van der Waals surface area (Å²) in [5, 5.41) is 11.9. The molecule has 1 aromatic carbocycles. The maximum Gasteiger partial charge on any atom is 0.0556 e. The van der Waals surface area contributed by atoms with Crippen molar-refractivity contribution in [3.05, 3.63) is 35.4 Å². The maximum atomic E-state index is 8.70. The van der Waals surface area contributed by atoms with Gasteiger partial charge in [-0.25, -0.2) is 0 Å². The van der Waals surface area contributed by atoms with Gasteiger partial charge in [-0.15, -0.1) is 0 Å². The van der Waals surface area contributed by atoms with Crippen molar-refractivity contribution in [1.82, 2.24) is 5.32 Å². The van der Waals surface area contributed by atoms with Crippen LogP contribution >= 0.6 is 0 Å². The van der Waals surface area contributed by atoms with Gasteiger partial charge < -0.3 is 10.4 Å². The molecular weight excluding hydrogens is 234 g/mol. The highest BCUT2D eigenvalue weighted by Gasteiger charge is 1.96. The first kappa shape index (κ1) is 16.2. The van der Waals surface area contributed by atoms with Gasteiger partial charge in [-0.2, -0.15) is 0 Å². The molecule has 0 saturated heterocycles. The third kappa shape index (κ3) is 8.02. The summed E-state index contributed by atoms with van der Waals surface area (Å²) >= 11 is 0. The second kappa shape index (κ2) is 11.0. The van der Waals surface area contributed by atoms with E-state index in [2.05, 4.69) is 36.5 Å². The molecule has 108 valence electrons. The van der Waals surface area contributed by atoms with Crippen LogP contribution in [0.3, 0.4) is 0 Å². The minimum atomic E-state index is 0.204. The fourth-order valence-electron chi connectivity index (χ4n) is 2.25. The molecule has 0 atom stereocenters. The van der Waals surface area contributed by atoms with E-state index in [-0.39, 0.29) is 6.61 Å². The molecule has 0 bridgehead atoms. The Morgan fingerprint density at radius 1 is 0.895 bits per heavy atom. The Labute approximate surface area is 118 Å². The van der Waals surface area contributed by atoms with E-state index in [4.69, 9.17) is 5.11 Å². The summed E-state index contributed by atoms with van der Waals surface area (Å²) in [5.41, 5.74) is 2.74. The molecular formula is C17H29NO. The van der Waals surface area contributed by atoms with E-state index in [9.17, 15) is 0 Å². The first-order chi connectivity index (χ1) is 9.36. The van der Waals surface area contributed by atoms with Crippen molar-refractivity contribution in [1.29, 1.82) is 0 Å². The zero-order valence-corrected chi connectivity index (χ0v) is 12.3. The number of aryl methyl sites for hydroxylation is 1. The summed E-state index contributed by atoms with van der Waals surface area (Å²) in [5.74, 6) is 0. The molecule has 2 nitrogen and oxygen atoms in total. The molecule has 0 unspecified atom stereocenters. The van der Waals surface area contributed by atoms with E-state index in [0.29, 0.717) is 6.54 Å². The fourth-order valence-corrected chi connectivity index (χ4v) is 2.25. The molecule has 2 heteroatoms. The third-order valence-electron chi connectivity index (χ3n) is 3.46. The summed E-state index contributed by atoms with van der Waals surface area (Å²) in [6, 6.07) is 8.86. The minimum Gasteiger partial charge on any atom is -0.395 e. The highest BCUT2D eigenvalue weighted by atomic mass is 16.3. The number of nitrogens with one attached hydrogen (secondary N) is 1. The topological polar surface area (TPSA) is 32.3 Å². The number of rotatable bonds is 11. The number of benzene rings is 1. The van der Waals surface area contributed by atoms with Crippen molar-refractivity contribution >= 4 is 0 Å². The lowest BCUT2D eigenvalue weighted by molar-refractivity contribution is 0.292.